The SMILES string of the molecule is CC(C)C(C)(C)C.CC(C)[C@H](C)C(F)(F)F. The standard InChI is InChI=1S/C7H16.C6H11F3/c1-6(2)7(3,4)5;1-4(2)5(3)6(7,8)9/h6H,1-5H3;4-5H,1-3H3/t;5-/m.0/s1. The van der Waals surface area contributed by atoms with Gasteiger partial charge in [0.2, 0.25) is 0 Å². The minimum atomic E-state index is -4.02. The zero-order valence-electron chi connectivity index (χ0n) is 11.9. The summed E-state index contributed by atoms with van der Waals surface area (Å²) < 4.78 is 35.1. The monoisotopic (exact) mass is 240 g/mol. The molecule has 0 heterocycles. The molecule has 1 atom stereocenters. The molecule has 0 saturated heterocycles. The smallest absolute Gasteiger partial charge is 0.171 e. The van der Waals surface area contributed by atoms with Crippen molar-refractivity contribution in [1.29, 1.82) is 0 Å². The van der Waals surface area contributed by atoms with E-state index in [1.165, 1.54) is 6.92 Å². The second-order valence-electron chi connectivity index (χ2n) is 6.10. The van der Waals surface area contributed by atoms with E-state index in [-0.39, 0.29) is 5.92 Å². The van der Waals surface area contributed by atoms with Crippen molar-refractivity contribution in [3.63, 3.8) is 0 Å². The molecule has 0 aliphatic heterocycles. The van der Waals surface area contributed by atoms with Crippen molar-refractivity contribution in [1.82, 2.24) is 0 Å². The van der Waals surface area contributed by atoms with Gasteiger partial charge in [0.05, 0.1) is 5.92 Å². The normalized spacial score (nSPS) is 14.8. The highest BCUT2D eigenvalue weighted by Gasteiger charge is 2.37. The molecule has 0 aliphatic rings. The minimum Gasteiger partial charge on any atom is -0.171 e. The predicted octanol–water partition coefficient (Wildman–Crippen LogP) is 5.53. The van der Waals surface area contributed by atoms with Crippen molar-refractivity contribution in [2.24, 2.45) is 23.2 Å². The fourth-order valence-corrected chi connectivity index (χ4v) is 0.378. The highest BCUT2D eigenvalue weighted by atomic mass is 19.4. The van der Waals surface area contributed by atoms with Crippen LogP contribution in [0.3, 0.4) is 0 Å². The molecule has 0 aromatic heterocycles. The Kier molecular flexibility index (Phi) is 7.39. The van der Waals surface area contributed by atoms with Crippen molar-refractivity contribution in [3.8, 4) is 0 Å². The maximum atomic E-state index is 11.7. The Morgan fingerprint density at radius 2 is 1.00 bits per heavy atom. The summed E-state index contributed by atoms with van der Waals surface area (Å²) in [5, 5.41) is 0. The molecule has 0 aromatic rings. The molecule has 0 saturated carbocycles. The summed E-state index contributed by atoms with van der Waals surface area (Å²) in [5.74, 6) is -0.699. The first kappa shape index (κ1) is 18.2. The van der Waals surface area contributed by atoms with Crippen LogP contribution >= 0.6 is 0 Å². The molecule has 16 heavy (non-hydrogen) atoms. The quantitative estimate of drug-likeness (QED) is 0.565. The van der Waals surface area contributed by atoms with Gasteiger partial charge < -0.3 is 0 Å². The van der Waals surface area contributed by atoms with Gasteiger partial charge in [-0.1, -0.05) is 55.4 Å². The molecule has 0 radical (unpaired) electrons. The maximum Gasteiger partial charge on any atom is 0.391 e. The highest BCUT2D eigenvalue weighted by Crippen LogP contribution is 2.30. The molecule has 0 aromatic carbocycles. The molecule has 0 bridgehead atoms. The van der Waals surface area contributed by atoms with E-state index in [1.54, 1.807) is 13.8 Å². The van der Waals surface area contributed by atoms with E-state index in [0.717, 1.165) is 5.92 Å². The van der Waals surface area contributed by atoms with Gasteiger partial charge in [-0.15, -0.1) is 0 Å². The molecule has 3 heteroatoms. The van der Waals surface area contributed by atoms with Crippen LogP contribution in [0.25, 0.3) is 0 Å². The van der Waals surface area contributed by atoms with Crippen LogP contribution in [-0.4, -0.2) is 6.18 Å². The third-order valence-electron chi connectivity index (χ3n) is 3.25. The number of alkyl halides is 3. The third-order valence-corrected chi connectivity index (χ3v) is 3.25. The van der Waals surface area contributed by atoms with E-state index in [0.29, 0.717) is 5.41 Å². The lowest BCUT2D eigenvalue weighted by molar-refractivity contribution is -0.180. The number of hydrogen-bond donors (Lipinski definition) is 0. The lowest BCUT2D eigenvalue weighted by Crippen LogP contribution is -2.24. The first-order chi connectivity index (χ1) is 6.80. The average molecular weight is 240 g/mol. The van der Waals surface area contributed by atoms with Gasteiger partial charge in [-0.25, -0.2) is 0 Å². The second-order valence-corrected chi connectivity index (χ2v) is 6.10. The van der Waals surface area contributed by atoms with Gasteiger partial charge in [0.1, 0.15) is 0 Å². The second kappa shape index (κ2) is 6.51. The van der Waals surface area contributed by atoms with Crippen LogP contribution in [0.15, 0.2) is 0 Å². The Hall–Kier alpha value is -0.210. The molecule has 0 aliphatic carbocycles. The first-order valence-electron chi connectivity index (χ1n) is 5.86. The minimum absolute atomic E-state index is 0.315. The van der Waals surface area contributed by atoms with Crippen molar-refractivity contribution in [2.75, 3.05) is 0 Å². The molecular formula is C13H27F3. The predicted molar refractivity (Wildman–Crippen MR) is 64.4 cm³/mol. The Bertz CT molecular complexity index is 173. The largest absolute Gasteiger partial charge is 0.391 e. The van der Waals surface area contributed by atoms with E-state index >= 15 is 0 Å². The summed E-state index contributed by atoms with van der Waals surface area (Å²) in [6.07, 6.45) is -4.02. The molecule has 0 amide bonds. The Balaban J connectivity index is 0. The lowest BCUT2D eigenvalue weighted by Gasteiger charge is -2.22. The highest BCUT2D eigenvalue weighted by molar-refractivity contribution is 4.65. The van der Waals surface area contributed by atoms with Crippen molar-refractivity contribution in [3.05, 3.63) is 0 Å². The van der Waals surface area contributed by atoms with E-state index < -0.39 is 12.1 Å². The van der Waals surface area contributed by atoms with Gasteiger partial charge in [0, 0.05) is 0 Å². The Morgan fingerprint density at radius 1 is 0.750 bits per heavy atom. The van der Waals surface area contributed by atoms with Crippen LogP contribution in [-0.2, 0) is 0 Å². The van der Waals surface area contributed by atoms with Gasteiger partial charge in [-0.2, -0.15) is 13.2 Å². The molecule has 0 unspecified atom stereocenters. The summed E-state index contributed by atoms with van der Waals surface area (Å²) in [4.78, 5) is 0. The van der Waals surface area contributed by atoms with Gasteiger partial charge in [0.15, 0.2) is 0 Å². The molecule has 0 nitrogen and oxygen atoms in total. The Labute approximate surface area is 98.6 Å². The van der Waals surface area contributed by atoms with Crippen LogP contribution in [0.2, 0.25) is 0 Å². The Morgan fingerprint density at radius 3 is 1.00 bits per heavy atom. The molecule has 0 rings (SSSR count). The van der Waals surface area contributed by atoms with Crippen LogP contribution in [0.1, 0.15) is 55.4 Å². The van der Waals surface area contributed by atoms with E-state index in [4.69, 9.17) is 0 Å². The number of halogens is 3. The lowest BCUT2D eigenvalue weighted by atomic mass is 9.84. The van der Waals surface area contributed by atoms with Crippen LogP contribution in [0.5, 0.6) is 0 Å². The summed E-state index contributed by atoms with van der Waals surface area (Å²) in [5.41, 5.74) is 0.500. The van der Waals surface area contributed by atoms with Crippen molar-refractivity contribution < 1.29 is 13.2 Å². The summed E-state index contributed by atoms with van der Waals surface area (Å²) in [7, 11) is 0. The molecule has 0 fully saturated rings. The summed E-state index contributed by atoms with van der Waals surface area (Å²) in [6.45, 7) is 15.6. The maximum absolute atomic E-state index is 11.7. The average Bonchev–Trinajstić information content (AvgIpc) is 2.00. The first-order valence-corrected chi connectivity index (χ1v) is 5.86. The molecule has 0 spiro atoms. The fraction of sp³-hybridized carbons (Fsp3) is 1.00. The van der Waals surface area contributed by atoms with Crippen LogP contribution in [0.4, 0.5) is 13.2 Å². The van der Waals surface area contributed by atoms with Gasteiger partial charge >= 0.3 is 6.18 Å². The van der Waals surface area contributed by atoms with Gasteiger partial charge in [-0.05, 0) is 17.3 Å². The van der Waals surface area contributed by atoms with E-state index in [2.05, 4.69) is 34.6 Å². The van der Waals surface area contributed by atoms with Crippen LogP contribution < -0.4 is 0 Å². The van der Waals surface area contributed by atoms with Gasteiger partial charge in [-0.3, -0.25) is 0 Å². The number of hydrogen-bond acceptors (Lipinski definition) is 0. The fourth-order valence-electron chi connectivity index (χ4n) is 0.378. The molecule has 100 valence electrons. The molecular weight excluding hydrogens is 213 g/mol. The van der Waals surface area contributed by atoms with Crippen molar-refractivity contribution in [2.45, 2.75) is 61.6 Å². The van der Waals surface area contributed by atoms with Crippen LogP contribution in [0, 0.1) is 23.2 Å². The molecule has 0 N–H and O–H groups in total. The zero-order chi connectivity index (χ0) is 13.7. The summed E-state index contributed by atoms with van der Waals surface area (Å²) in [6, 6.07) is 0. The van der Waals surface area contributed by atoms with Gasteiger partial charge in [0.25, 0.3) is 0 Å². The third kappa shape index (κ3) is 9.05. The summed E-state index contributed by atoms with van der Waals surface area (Å²) >= 11 is 0. The zero-order valence-corrected chi connectivity index (χ0v) is 11.9. The van der Waals surface area contributed by atoms with E-state index in [9.17, 15) is 13.2 Å². The topological polar surface area (TPSA) is 0 Å². The number of rotatable bonds is 1. The van der Waals surface area contributed by atoms with E-state index in [1.807, 2.05) is 0 Å². The van der Waals surface area contributed by atoms with Crippen molar-refractivity contribution >= 4 is 0 Å².